The third-order valence-electron chi connectivity index (χ3n) is 3.68. The Kier molecular flexibility index (Phi) is 4.46. The van der Waals surface area contributed by atoms with Crippen molar-refractivity contribution in [1.82, 2.24) is 31.5 Å². The van der Waals surface area contributed by atoms with Gasteiger partial charge in [0.1, 0.15) is 0 Å². The molecule has 3 unspecified atom stereocenters. The second-order valence-electron chi connectivity index (χ2n) is 4.91. The fourth-order valence-electron chi connectivity index (χ4n) is 2.77. The molecule has 3 aliphatic rings. The lowest BCUT2D eigenvalue weighted by atomic mass is 10.1. The molecule has 3 rings (SSSR count). The Morgan fingerprint density at radius 1 is 1.32 bits per heavy atom. The van der Waals surface area contributed by atoms with E-state index >= 15 is 0 Å². The number of nitrogens with one attached hydrogen (secondary N) is 5. The van der Waals surface area contributed by atoms with Crippen LogP contribution in [0.2, 0.25) is 0 Å². The van der Waals surface area contributed by atoms with Crippen LogP contribution < -0.4 is 32.3 Å². The van der Waals surface area contributed by atoms with E-state index in [0.717, 1.165) is 32.2 Å². The molecule has 7 nitrogen and oxygen atoms in total. The van der Waals surface area contributed by atoms with Gasteiger partial charge in [-0.2, -0.15) is 0 Å². The fraction of sp³-hybridized carbons (Fsp3) is 0.818. The van der Waals surface area contributed by atoms with E-state index in [1.165, 1.54) is 5.03 Å². The molecule has 0 saturated carbocycles. The summed E-state index contributed by atoms with van der Waals surface area (Å²) >= 11 is 1.87. The van der Waals surface area contributed by atoms with E-state index in [9.17, 15) is 0 Å². The van der Waals surface area contributed by atoms with Crippen molar-refractivity contribution in [2.75, 3.05) is 38.7 Å². The van der Waals surface area contributed by atoms with Crippen LogP contribution in [0.3, 0.4) is 0 Å². The van der Waals surface area contributed by atoms with Gasteiger partial charge >= 0.3 is 0 Å². The van der Waals surface area contributed by atoms with Crippen molar-refractivity contribution >= 4 is 11.8 Å². The molecule has 3 heterocycles. The number of nitrogens with zero attached hydrogens (tertiary/aromatic N) is 1. The number of rotatable bonds is 4. The molecular weight excluding hydrogens is 262 g/mol. The molecule has 2 fully saturated rings. The molecule has 0 aliphatic carbocycles. The molecule has 0 amide bonds. The lowest BCUT2D eigenvalue weighted by molar-refractivity contribution is 0.140. The van der Waals surface area contributed by atoms with Crippen LogP contribution in [-0.4, -0.2) is 62.0 Å². The summed E-state index contributed by atoms with van der Waals surface area (Å²) < 4.78 is 0. The Labute approximate surface area is 118 Å². The Morgan fingerprint density at radius 3 is 3.00 bits per heavy atom. The van der Waals surface area contributed by atoms with Gasteiger partial charge in [0.05, 0.1) is 23.4 Å². The van der Waals surface area contributed by atoms with Crippen LogP contribution in [0.4, 0.5) is 0 Å². The van der Waals surface area contributed by atoms with Gasteiger partial charge in [-0.25, -0.2) is 0 Å². The first-order valence-corrected chi connectivity index (χ1v) is 7.85. The highest BCUT2D eigenvalue weighted by molar-refractivity contribution is 8.03. The van der Waals surface area contributed by atoms with Crippen LogP contribution in [0.25, 0.3) is 0 Å². The molecule has 0 aromatic rings. The summed E-state index contributed by atoms with van der Waals surface area (Å²) in [6, 6.07) is 0.392. The first-order chi connectivity index (χ1) is 9.38. The maximum absolute atomic E-state index is 5.54. The summed E-state index contributed by atoms with van der Waals surface area (Å²) in [4.78, 5) is 2.40. The highest BCUT2D eigenvalue weighted by atomic mass is 32.2. The monoisotopic (exact) mass is 285 g/mol. The minimum absolute atomic E-state index is 0.330. The minimum Gasteiger partial charge on any atom is -0.377 e. The van der Waals surface area contributed by atoms with Gasteiger partial charge in [0.15, 0.2) is 0 Å². The lowest BCUT2D eigenvalue weighted by Crippen LogP contribution is -2.68. The van der Waals surface area contributed by atoms with Crippen molar-refractivity contribution in [2.24, 2.45) is 5.73 Å². The van der Waals surface area contributed by atoms with Crippen molar-refractivity contribution in [3.63, 3.8) is 0 Å². The Morgan fingerprint density at radius 2 is 2.16 bits per heavy atom. The van der Waals surface area contributed by atoms with E-state index in [1.54, 1.807) is 0 Å². The van der Waals surface area contributed by atoms with Gasteiger partial charge in [-0.05, 0) is 0 Å². The van der Waals surface area contributed by atoms with Gasteiger partial charge in [0.2, 0.25) is 0 Å². The number of fused-ring (bicyclic) bond motifs is 1. The van der Waals surface area contributed by atoms with Crippen molar-refractivity contribution in [1.29, 1.82) is 0 Å². The van der Waals surface area contributed by atoms with Crippen LogP contribution in [0, 0.1) is 0 Å². The Hall–Kier alpha value is -0.510. The van der Waals surface area contributed by atoms with Gasteiger partial charge in [-0.1, -0.05) is 0 Å². The summed E-state index contributed by atoms with van der Waals surface area (Å²) in [6.45, 7) is 4.27. The average molecular weight is 285 g/mol. The highest BCUT2D eigenvalue weighted by Crippen LogP contribution is 2.22. The molecule has 0 aromatic carbocycles. The lowest BCUT2D eigenvalue weighted by Gasteiger charge is -2.43. The average Bonchev–Trinajstić information content (AvgIpc) is 2.93. The van der Waals surface area contributed by atoms with E-state index < -0.39 is 0 Å². The number of thioether (sulfide) groups is 1. The first-order valence-electron chi connectivity index (χ1n) is 6.86. The van der Waals surface area contributed by atoms with Crippen molar-refractivity contribution in [2.45, 2.75) is 18.4 Å². The van der Waals surface area contributed by atoms with E-state index in [0.29, 0.717) is 24.9 Å². The van der Waals surface area contributed by atoms with E-state index in [4.69, 9.17) is 5.73 Å². The summed E-state index contributed by atoms with van der Waals surface area (Å²) in [5.41, 5.74) is 5.54. The second-order valence-corrected chi connectivity index (χ2v) is 6.05. The third-order valence-corrected chi connectivity index (χ3v) is 4.63. The zero-order chi connectivity index (χ0) is 13.1. The van der Waals surface area contributed by atoms with Crippen LogP contribution in [-0.2, 0) is 0 Å². The number of hydrogen-bond acceptors (Lipinski definition) is 8. The summed E-state index contributed by atoms with van der Waals surface area (Å²) in [7, 11) is 0. The van der Waals surface area contributed by atoms with Crippen molar-refractivity contribution in [3.8, 4) is 0 Å². The molecule has 3 aliphatic heterocycles. The molecule has 19 heavy (non-hydrogen) atoms. The Balaban J connectivity index is 1.66. The largest absolute Gasteiger partial charge is 0.377 e. The molecule has 108 valence electrons. The van der Waals surface area contributed by atoms with E-state index in [-0.39, 0.29) is 0 Å². The van der Waals surface area contributed by atoms with Crippen molar-refractivity contribution in [3.05, 3.63) is 11.2 Å². The number of hydrogen-bond donors (Lipinski definition) is 6. The molecular formula is C11H23N7S. The molecule has 0 radical (unpaired) electrons. The molecule has 8 heteroatoms. The molecule has 2 saturated heterocycles. The summed E-state index contributed by atoms with van der Waals surface area (Å²) in [6.07, 6.45) is 2.91. The summed E-state index contributed by atoms with van der Waals surface area (Å²) in [5.74, 6) is 1.11. The van der Waals surface area contributed by atoms with Crippen molar-refractivity contribution < 1.29 is 0 Å². The minimum atomic E-state index is 0.330. The SMILES string of the molecule is NCCNC1=CN(C2NCNC3NCNC32)CCS1. The smallest absolute Gasteiger partial charge is 0.0986 e. The van der Waals surface area contributed by atoms with Gasteiger partial charge < -0.3 is 16.0 Å². The molecule has 3 atom stereocenters. The molecule has 0 aromatic heterocycles. The van der Waals surface area contributed by atoms with Gasteiger partial charge in [-0.15, -0.1) is 11.8 Å². The first kappa shape index (κ1) is 13.5. The van der Waals surface area contributed by atoms with Gasteiger partial charge in [-0.3, -0.25) is 21.3 Å². The zero-order valence-electron chi connectivity index (χ0n) is 11.0. The van der Waals surface area contributed by atoms with Crippen LogP contribution in [0.5, 0.6) is 0 Å². The maximum Gasteiger partial charge on any atom is 0.0986 e. The quantitative estimate of drug-likeness (QED) is 0.344. The molecule has 0 spiro atoms. The Bertz CT molecular complexity index is 337. The predicted molar refractivity (Wildman–Crippen MR) is 77.9 cm³/mol. The maximum atomic E-state index is 5.54. The standard InChI is InChI=1S/C11H23N7S/c12-1-2-13-8-5-18(3-4-19-8)11-9-10(15-6-14-9)16-7-17-11/h5,9-11,13-17H,1-4,6-7,12H2. The zero-order valence-corrected chi connectivity index (χ0v) is 11.8. The van der Waals surface area contributed by atoms with Crippen LogP contribution in [0.15, 0.2) is 11.2 Å². The van der Waals surface area contributed by atoms with Crippen LogP contribution in [0.1, 0.15) is 0 Å². The summed E-state index contributed by atoms with van der Waals surface area (Å²) in [5, 5.41) is 18.5. The van der Waals surface area contributed by atoms with Gasteiger partial charge in [0, 0.05) is 44.9 Å². The van der Waals surface area contributed by atoms with Gasteiger partial charge in [0.25, 0.3) is 0 Å². The third kappa shape index (κ3) is 2.99. The fourth-order valence-corrected chi connectivity index (χ4v) is 3.71. The topological polar surface area (TPSA) is 89.4 Å². The second kappa shape index (κ2) is 6.29. The normalized spacial score (nSPS) is 34.9. The highest BCUT2D eigenvalue weighted by Gasteiger charge is 2.38. The van der Waals surface area contributed by atoms with E-state index in [2.05, 4.69) is 37.7 Å². The number of nitrogens with two attached hydrogens (primary N) is 1. The molecule has 0 bridgehead atoms. The van der Waals surface area contributed by atoms with E-state index in [1.807, 2.05) is 11.8 Å². The van der Waals surface area contributed by atoms with Crippen LogP contribution >= 0.6 is 11.8 Å². The predicted octanol–water partition coefficient (Wildman–Crippen LogP) is -2.30. The molecule has 7 N–H and O–H groups in total.